The van der Waals surface area contributed by atoms with Crippen molar-refractivity contribution in [1.82, 2.24) is 10.6 Å². The molecule has 0 radical (unpaired) electrons. The van der Waals surface area contributed by atoms with Gasteiger partial charge in [-0.25, -0.2) is 4.79 Å². The van der Waals surface area contributed by atoms with Crippen LogP contribution in [0, 0.1) is 5.92 Å². The van der Waals surface area contributed by atoms with E-state index in [4.69, 9.17) is 9.84 Å². The van der Waals surface area contributed by atoms with Crippen LogP contribution < -0.4 is 10.6 Å². The van der Waals surface area contributed by atoms with E-state index in [0.717, 1.165) is 32.3 Å². The van der Waals surface area contributed by atoms with Gasteiger partial charge in [0.1, 0.15) is 0 Å². The van der Waals surface area contributed by atoms with Gasteiger partial charge in [0.2, 0.25) is 0 Å². The number of carbonyl (C=O) groups is 2. The number of carboxylic acids is 1. The van der Waals surface area contributed by atoms with Gasteiger partial charge >= 0.3 is 12.0 Å². The molecular weight excluding hydrogens is 260 g/mol. The summed E-state index contributed by atoms with van der Waals surface area (Å²) in [4.78, 5) is 22.3. The van der Waals surface area contributed by atoms with E-state index in [1.54, 1.807) is 6.92 Å². The summed E-state index contributed by atoms with van der Waals surface area (Å²) in [5.41, 5.74) is 0. The predicted molar refractivity (Wildman–Crippen MR) is 75.6 cm³/mol. The Balaban J connectivity index is 2.06. The number of rotatable bonds is 8. The van der Waals surface area contributed by atoms with Crippen LogP contribution in [0.2, 0.25) is 0 Å². The largest absolute Gasteiger partial charge is 0.481 e. The minimum absolute atomic E-state index is 0.0421. The lowest BCUT2D eigenvalue weighted by Crippen LogP contribution is -2.43. The highest BCUT2D eigenvalue weighted by atomic mass is 16.5. The molecule has 6 nitrogen and oxygen atoms in total. The van der Waals surface area contributed by atoms with E-state index in [9.17, 15) is 9.59 Å². The molecule has 0 spiro atoms. The fraction of sp³-hybridized carbons (Fsp3) is 0.857. The molecule has 1 heterocycles. The lowest BCUT2D eigenvalue weighted by Gasteiger charge is -2.16. The highest BCUT2D eigenvalue weighted by Gasteiger charge is 2.17. The SMILES string of the molecule is CC(CCCC(C)C(=O)O)NC(=O)NCC1CCCO1. The van der Waals surface area contributed by atoms with Gasteiger partial charge in [-0.05, 0) is 32.6 Å². The maximum absolute atomic E-state index is 11.6. The quantitative estimate of drug-likeness (QED) is 0.634. The summed E-state index contributed by atoms with van der Waals surface area (Å²) >= 11 is 0. The molecule has 0 aromatic carbocycles. The normalized spacial score (nSPS) is 21.2. The van der Waals surface area contributed by atoms with Crippen molar-refractivity contribution in [3.63, 3.8) is 0 Å². The minimum atomic E-state index is -0.764. The maximum Gasteiger partial charge on any atom is 0.315 e. The van der Waals surface area contributed by atoms with Crippen molar-refractivity contribution in [2.45, 2.75) is 58.1 Å². The van der Waals surface area contributed by atoms with E-state index < -0.39 is 5.97 Å². The molecule has 3 atom stereocenters. The van der Waals surface area contributed by atoms with Gasteiger partial charge in [-0.2, -0.15) is 0 Å². The molecule has 20 heavy (non-hydrogen) atoms. The second-order valence-corrected chi connectivity index (χ2v) is 5.56. The second-order valence-electron chi connectivity index (χ2n) is 5.56. The number of ether oxygens (including phenoxy) is 1. The van der Waals surface area contributed by atoms with Crippen molar-refractivity contribution in [3.8, 4) is 0 Å². The number of hydrogen-bond donors (Lipinski definition) is 3. The first-order valence-electron chi connectivity index (χ1n) is 7.37. The third kappa shape index (κ3) is 6.75. The average molecular weight is 286 g/mol. The molecule has 1 fully saturated rings. The van der Waals surface area contributed by atoms with Crippen LogP contribution >= 0.6 is 0 Å². The van der Waals surface area contributed by atoms with E-state index in [1.807, 2.05) is 6.92 Å². The van der Waals surface area contributed by atoms with E-state index in [2.05, 4.69) is 10.6 Å². The number of hydrogen-bond acceptors (Lipinski definition) is 3. The maximum atomic E-state index is 11.6. The molecule has 3 N–H and O–H groups in total. The molecule has 3 unspecified atom stereocenters. The van der Waals surface area contributed by atoms with Gasteiger partial charge in [0, 0.05) is 19.2 Å². The van der Waals surface area contributed by atoms with Gasteiger partial charge in [-0.3, -0.25) is 4.79 Å². The molecule has 116 valence electrons. The number of nitrogens with one attached hydrogen (secondary N) is 2. The summed E-state index contributed by atoms with van der Waals surface area (Å²) in [5, 5.41) is 14.4. The van der Waals surface area contributed by atoms with Gasteiger partial charge in [-0.15, -0.1) is 0 Å². The highest BCUT2D eigenvalue weighted by Crippen LogP contribution is 2.11. The molecular formula is C14H26N2O4. The summed E-state index contributed by atoms with van der Waals surface area (Å²) in [5.74, 6) is -1.09. The summed E-state index contributed by atoms with van der Waals surface area (Å²) in [6.07, 6.45) is 4.42. The Morgan fingerprint density at radius 1 is 1.35 bits per heavy atom. The number of urea groups is 1. The van der Waals surface area contributed by atoms with Gasteiger partial charge in [0.15, 0.2) is 0 Å². The van der Waals surface area contributed by atoms with Crippen LogP contribution in [0.25, 0.3) is 0 Å². The lowest BCUT2D eigenvalue weighted by molar-refractivity contribution is -0.141. The topological polar surface area (TPSA) is 87.7 Å². The van der Waals surface area contributed by atoms with Crippen molar-refractivity contribution >= 4 is 12.0 Å². The number of amides is 2. The fourth-order valence-corrected chi connectivity index (χ4v) is 2.21. The lowest BCUT2D eigenvalue weighted by atomic mass is 10.0. The predicted octanol–water partition coefficient (Wildman–Crippen LogP) is 1.74. The Bertz CT molecular complexity index is 316. The van der Waals surface area contributed by atoms with Crippen LogP contribution in [-0.4, -0.2) is 42.4 Å². The Labute approximate surface area is 120 Å². The number of aliphatic carboxylic acids is 1. The molecule has 0 aromatic heterocycles. The summed E-state index contributed by atoms with van der Waals surface area (Å²) in [6.45, 7) is 4.96. The molecule has 0 aliphatic carbocycles. The third-order valence-corrected chi connectivity index (χ3v) is 3.59. The number of carbonyl (C=O) groups excluding carboxylic acids is 1. The van der Waals surface area contributed by atoms with Crippen LogP contribution in [0.1, 0.15) is 46.0 Å². The van der Waals surface area contributed by atoms with Gasteiger partial charge in [0.25, 0.3) is 0 Å². The molecule has 0 saturated carbocycles. The zero-order valence-corrected chi connectivity index (χ0v) is 12.4. The van der Waals surface area contributed by atoms with Crippen molar-refractivity contribution in [2.24, 2.45) is 5.92 Å². The standard InChI is InChI=1S/C14H26N2O4/c1-10(13(17)18)5-3-6-11(2)16-14(19)15-9-12-7-4-8-20-12/h10-12H,3-9H2,1-2H3,(H,17,18)(H2,15,16,19). The third-order valence-electron chi connectivity index (χ3n) is 3.59. The van der Waals surface area contributed by atoms with Crippen LogP contribution in [0.4, 0.5) is 4.79 Å². The van der Waals surface area contributed by atoms with Crippen LogP contribution in [-0.2, 0) is 9.53 Å². The average Bonchev–Trinajstić information content (AvgIpc) is 2.89. The second kappa shape index (κ2) is 8.79. The highest BCUT2D eigenvalue weighted by molar-refractivity contribution is 5.74. The zero-order valence-electron chi connectivity index (χ0n) is 12.4. The number of carboxylic acid groups (broad SMARTS) is 1. The minimum Gasteiger partial charge on any atom is -0.481 e. The van der Waals surface area contributed by atoms with Crippen molar-refractivity contribution in [1.29, 1.82) is 0 Å². The first-order chi connectivity index (χ1) is 9.49. The zero-order chi connectivity index (χ0) is 15.0. The van der Waals surface area contributed by atoms with Crippen molar-refractivity contribution < 1.29 is 19.4 Å². The Morgan fingerprint density at radius 3 is 2.70 bits per heavy atom. The van der Waals surface area contributed by atoms with Crippen LogP contribution in [0.5, 0.6) is 0 Å². The molecule has 1 aliphatic rings. The molecule has 1 aliphatic heterocycles. The van der Waals surface area contributed by atoms with Crippen LogP contribution in [0.15, 0.2) is 0 Å². The molecule has 1 rings (SSSR count). The molecule has 1 saturated heterocycles. The van der Waals surface area contributed by atoms with Gasteiger partial charge in [0.05, 0.1) is 12.0 Å². The van der Waals surface area contributed by atoms with E-state index in [0.29, 0.717) is 13.0 Å². The molecule has 0 bridgehead atoms. The van der Waals surface area contributed by atoms with Crippen molar-refractivity contribution in [2.75, 3.05) is 13.2 Å². The molecule has 2 amide bonds. The Kier molecular flexibility index (Phi) is 7.36. The summed E-state index contributed by atoms with van der Waals surface area (Å²) in [6, 6.07) is -0.139. The first kappa shape index (κ1) is 16.8. The first-order valence-corrected chi connectivity index (χ1v) is 7.37. The monoisotopic (exact) mass is 286 g/mol. The Hall–Kier alpha value is -1.30. The van der Waals surface area contributed by atoms with E-state index in [-0.39, 0.29) is 24.1 Å². The van der Waals surface area contributed by atoms with Crippen molar-refractivity contribution in [3.05, 3.63) is 0 Å². The van der Waals surface area contributed by atoms with E-state index >= 15 is 0 Å². The fourth-order valence-electron chi connectivity index (χ4n) is 2.21. The smallest absolute Gasteiger partial charge is 0.315 e. The van der Waals surface area contributed by atoms with E-state index in [1.165, 1.54) is 0 Å². The summed E-state index contributed by atoms with van der Waals surface area (Å²) < 4.78 is 5.42. The summed E-state index contributed by atoms with van der Waals surface area (Å²) in [7, 11) is 0. The van der Waals surface area contributed by atoms with Crippen LogP contribution in [0.3, 0.4) is 0 Å². The van der Waals surface area contributed by atoms with Gasteiger partial charge in [-0.1, -0.05) is 13.3 Å². The Morgan fingerprint density at radius 2 is 2.10 bits per heavy atom. The molecule has 6 heteroatoms. The van der Waals surface area contributed by atoms with Gasteiger partial charge < -0.3 is 20.5 Å². The molecule has 0 aromatic rings.